The van der Waals surface area contributed by atoms with Gasteiger partial charge in [0.25, 0.3) is 5.91 Å². The third-order valence-electron chi connectivity index (χ3n) is 4.75. The quantitative estimate of drug-likeness (QED) is 0.630. The molecule has 0 spiro atoms. The Morgan fingerprint density at radius 3 is 2.67 bits per heavy atom. The summed E-state index contributed by atoms with van der Waals surface area (Å²) in [4.78, 5) is 24.8. The van der Waals surface area contributed by atoms with Gasteiger partial charge in [0.15, 0.2) is 0 Å². The van der Waals surface area contributed by atoms with Crippen LogP contribution in [0.25, 0.3) is 16.9 Å². The second-order valence-electron chi connectivity index (χ2n) is 7.07. The molecular weight excluding hydrogens is 387 g/mol. The Kier molecular flexibility index (Phi) is 5.47. The molecule has 30 heavy (non-hydrogen) atoms. The van der Waals surface area contributed by atoms with Crippen molar-refractivity contribution in [3.63, 3.8) is 0 Å². The maximum Gasteiger partial charge on any atom is 0.255 e. The number of hydrogen-bond acceptors (Lipinski definition) is 4. The standard InChI is InChI=1S/C22H21FN4O3/c1-30-18-4-2-3-14(11-18)21-19(22(29)24-12-20(28)25-16-7-8-16)13-27(26-21)17-9-5-15(23)6-10-17/h2-6,9-11,13,16H,7-8,12H2,1H3,(H,24,29)(H,25,28). The Balaban J connectivity index is 1.64. The Morgan fingerprint density at radius 2 is 1.97 bits per heavy atom. The first kappa shape index (κ1) is 19.6. The highest BCUT2D eigenvalue weighted by Crippen LogP contribution is 2.27. The van der Waals surface area contributed by atoms with E-state index in [1.807, 2.05) is 6.07 Å². The number of carbonyl (C=O) groups excluding carboxylic acids is 2. The molecule has 0 bridgehead atoms. The first-order valence-electron chi connectivity index (χ1n) is 9.61. The van der Waals surface area contributed by atoms with E-state index in [2.05, 4.69) is 15.7 Å². The topological polar surface area (TPSA) is 85.2 Å². The van der Waals surface area contributed by atoms with Crippen molar-refractivity contribution in [1.29, 1.82) is 0 Å². The number of nitrogens with zero attached hydrogens (tertiary/aromatic N) is 2. The molecule has 3 aromatic rings. The van der Waals surface area contributed by atoms with Crippen LogP contribution in [0, 0.1) is 5.82 Å². The number of methoxy groups -OCH3 is 1. The van der Waals surface area contributed by atoms with Gasteiger partial charge in [0, 0.05) is 17.8 Å². The number of halogens is 1. The molecule has 0 radical (unpaired) electrons. The summed E-state index contributed by atoms with van der Waals surface area (Å²) in [6.07, 6.45) is 3.52. The summed E-state index contributed by atoms with van der Waals surface area (Å²) >= 11 is 0. The van der Waals surface area contributed by atoms with Crippen molar-refractivity contribution in [1.82, 2.24) is 20.4 Å². The minimum Gasteiger partial charge on any atom is -0.497 e. The van der Waals surface area contributed by atoms with E-state index >= 15 is 0 Å². The second kappa shape index (κ2) is 8.36. The van der Waals surface area contributed by atoms with Gasteiger partial charge in [0.2, 0.25) is 5.91 Å². The molecule has 7 nitrogen and oxygen atoms in total. The van der Waals surface area contributed by atoms with Gasteiger partial charge in [-0.05, 0) is 49.2 Å². The molecule has 2 N–H and O–H groups in total. The van der Waals surface area contributed by atoms with Gasteiger partial charge in [-0.1, -0.05) is 12.1 Å². The Bertz CT molecular complexity index is 1070. The van der Waals surface area contributed by atoms with Crippen molar-refractivity contribution in [2.24, 2.45) is 0 Å². The van der Waals surface area contributed by atoms with E-state index in [9.17, 15) is 14.0 Å². The Morgan fingerprint density at radius 1 is 1.20 bits per heavy atom. The summed E-state index contributed by atoms with van der Waals surface area (Å²) in [7, 11) is 1.56. The van der Waals surface area contributed by atoms with E-state index in [4.69, 9.17) is 4.74 Å². The average molecular weight is 408 g/mol. The van der Waals surface area contributed by atoms with Crippen LogP contribution in [0.3, 0.4) is 0 Å². The highest BCUT2D eigenvalue weighted by Gasteiger charge is 2.24. The van der Waals surface area contributed by atoms with Crippen LogP contribution in [0.5, 0.6) is 5.75 Å². The molecule has 1 saturated carbocycles. The van der Waals surface area contributed by atoms with Crippen LogP contribution < -0.4 is 15.4 Å². The van der Waals surface area contributed by atoms with Gasteiger partial charge in [0.1, 0.15) is 17.3 Å². The third kappa shape index (κ3) is 4.48. The van der Waals surface area contributed by atoms with Crippen LogP contribution in [-0.4, -0.2) is 41.3 Å². The molecule has 0 saturated heterocycles. The third-order valence-corrected chi connectivity index (χ3v) is 4.75. The molecule has 2 aromatic carbocycles. The number of aromatic nitrogens is 2. The van der Waals surface area contributed by atoms with Crippen LogP contribution in [0.2, 0.25) is 0 Å². The second-order valence-corrected chi connectivity index (χ2v) is 7.07. The maximum atomic E-state index is 13.3. The van der Waals surface area contributed by atoms with Crippen molar-refractivity contribution < 1.29 is 18.7 Å². The van der Waals surface area contributed by atoms with E-state index in [0.29, 0.717) is 28.3 Å². The zero-order valence-electron chi connectivity index (χ0n) is 16.4. The predicted molar refractivity (Wildman–Crippen MR) is 109 cm³/mol. The van der Waals surface area contributed by atoms with E-state index in [1.165, 1.54) is 16.8 Å². The van der Waals surface area contributed by atoms with Crippen molar-refractivity contribution >= 4 is 11.8 Å². The number of rotatable bonds is 7. The van der Waals surface area contributed by atoms with Gasteiger partial charge in [-0.3, -0.25) is 9.59 Å². The van der Waals surface area contributed by atoms with E-state index in [0.717, 1.165) is 12.8 Å². The number of amides is 2. The predicted octanol–water partition coefficient (Wildman–Crippen LogP) is 2.70. The van der Waals surface area contributed by atoms with E-state index < -0.39 is 5.91 Å². The number of benzene rings is 2. The minimum atomic E-state index is -0.424. The number of nitrogens with one attached hydrogen (secondary N) is 2. The number of carbonyl (C=O) groups is 2. The van der Waals surface area contributed by atoms with Gasteiger partial charge >= 0.3 is 0 Å². The van der Waals surface area contributed by atoms with Crippen LogP contribution in [-0.2, 0) is 4.79 Å². The molecule has 1 fully saturated rings. The van der Waals surface area contributed by atoms with E-state index in [1.54, 1.807) is 43.6 Å². The van der Waals surface area contributed by atoms with Gasteiger partial charge in [-0.15, -0.1) is 0 Å². The van der Waals surface area contributed by atoms with Crippen LogP contribution in [0.1, 0.15) is 23.2 Å². The lowest BCUT2D eigenvalue weighted by Crippen LogP contribution is -2.37. The maximum absolute atomic E-state index is 13.3. The molecule has 0 atom stereocenters. The number of ether oxygens (including phenoxy) is 1. The van der Waals surface area contributed by atoms with Gasteiger partial charge in [0.05, 0.1) is 24.9 Å². The molecule has 1 aromatic heterocycles. The smallest absolute Gasteiger partial charge is 0.255 e. The zero-order chi connectivity index (χ0) is 21.1. The first-order valence-corrected chi connectivity index (χ1v) is 9.61. The van der Waals surface area contributed by atoms with Gasteiger partial charge in [-0.25, -0.2) is 9.07 Å². The van der Waals surface area contributed by atoms with Crippen molar-refractivity contribution in [3.8, 4) is 22.7 Å². The Labute approximate surface area is 172 Å². The summed E-state index contributed by atoms with van der Waals surface area (Å²) < 4.78 is 20.1. The summed E-state index contributed by atoms with van der Waals surface area (Å²) in [5, 5.41) is 10.0. The zero-order valence-corrected chi connectivity index (χ0v) is 16.4. The van der Waals surface area contributed by atoms with Crippen LogP contribution in [0.4, 0.5) is 4.39 Å². The van der Waals surface area contributed by atoms with Crippen LogP contribution >= 0.6 is 0 Å². The molecule has 2 amide bonds. The van der Waals surface area contributed by atoms with Gasteiger partial charge in [-0.2, -0.15) is 5.10 Å². The van der Waals surface area contributed by atoms with E-state index in [-0.39, 0.29) is 24.3 Å². The fraction of sp³-hybridized carbons (Fsp3) is 0.227. The summed E-state index contributed by atoms with van der Waals surface area (Å²) in [6, 6.07) is 13.2. The minimum absolute atomic E-state index is 0.116. The van der Waals surface area contributed by atoms with Crippen molar-refractivity contribution in [2.45, 2.75) is 18.9 Å². The molecule has 1 aliphatic carbocycles. The molecule has 154 valence electrons. The summed E-state index contributed by atoms with van der Waals surface area (Å²) in [5.41, 5.74) is 2.01. The molecule has 1 heterocycles. The van der Waals surface area contributed by atoms with Gasteiger partial charge < -0.3 is 15.4 Å². The summed E-state index contributed by atoms with van der Waals surface area (Å²) in [5.74, 6) is -0.385. The van der Waals surface area contributed by atoms with Crippen molar-refractivity contribution in [2.75, 3.05) is 13.7 Å². The average Bonchev–Trinajstić information content (AvgIpc) is 3.46. The molecule has 4 rings (SSSR count). The summed E-state index contributed by atoms with van der Waals surface area (Å²) in [6.45, 7) is -0.116. The fourth-order valence-corrected chi connectivity index (χ4v) is 3.01. The highest BCUT2D eigenvalue weighted by molar-refractivity contribution is 6.01. The molecular formula is C22H21FN4O3. The SMILES string of the molecule is COc1cccc(-c2nn(-c3ccc(F)cc3)cc2C(=O)NCC(=O)NC2CC2)c1. The Hall–Kier alpha value is -3.68. The fourth-order valence-electron chi connectivity index (χ4n) is 3.01. The first-order chi connectivity index (χ1) is 14.5. The number of hydrogen-bond donors (Lipinski definition) is 2. The lowest BCUT2D eigenvalue weighted by atomic mass is 10.1. The monoisotopic (exact) mass is 408 g/mol. The molecule has 0 aliphatic heterocycles. The molecule has 0 unspecified atom stereocenters. The molecule has 1 aliphatic rings. The van der Waals surface area contributed by atoms with Crippen molar-refractivity contribution in [3.05, 3.63) is 66.1 Å². The lowest BCUT2D eigenvalue weighted by Gasteiger charge is -2.07. The lowest BCUT2D eigenvalue weighted by molar-refractivity contribution is -0.120. The van der Waals surface area contributed by atoms with Crippen LogP contribution in [0.15, 0.2) is 54.7 Å². The largest absolute Gasteiger partial charge is 0.497 e. The highest BCUT2D eigenvalue weighted by atomic mass is 19.1. The molecule has 8 heteroatoms. The normalized spacial score (nSPS) is 13.0.